The fourth-order valence-corrected chi connectivity index (χ4v) is 4.20. The smallest absolute Gasteiger partial charge is 0.258 e. The molecule has 4 aromatic rings. The molecule has 1 amide bonds. The second-order valence-corrected chi connectivity index (χ2v) is 8.95. The third-order valence-electron chi connectivity index (χ3n) is 5.10. The number of aryl methyl sites for hydroxylation is 4. The molecule has 0 saturated heterocycles. The van der Waals surface area contributed by atoms with E-state index in [9.17, 15) is 4.79 Å². The van der Waals surface area contributed by atoms with Crippen LogP contribution in [0.5, 0.6) is 5.88 Å². The maximum Gasteiger partial charge on any atom is 0.258 e. The molecule has 160 valence electrons. The van der Waals surface area contributed by atoms with E-state index in [2.05, 4.69) is 20.4 Å². The molecule has 1 aromatic carbocycles. The molecule has 0 spiro atoms. The maximum atomic E-state index is 12.4. The van der Waals surface area contributed by atoms with Gasteiger partial charge in [-0.05, 0) is 38.8 Å². The van der Waals surface area contributed by atoms with Gasteiger partial charge in [-0.15, -0.1) is 11.3 Å². The Morgan fingerprint density at radius 2 is 1.97 bits per heavy atom. The van der Waals surface area contributed by atoms with Crippen LogP contribution >= 0.6 is 11.3 Å². The molecule has 31 heavy (non-hydrogen) atoms. The Balaban J connectivity index is 1.48. The zero-order valence-corrected chi connectivity index (χ0v) is 19.1. The minimum absolute atomic E-state index is 0.102. The van der Waals surface area contributed by atoms with E-state index in [1.54, 1.807) is 16.0 Å². The van der Waals surface area contributed by atoms with Gasteiger partial charge in [0.15, 0.2) is 12.3 Å². The van der Waals surface area contributed by atoms with Crippen molar-refractivity contribution in [1.82, 2.24) is 25.1 Å². The lowest BCUT2D eigenvalue weighted by Gasteiger charge is -2.15. The number of carbonyl (C=O) groups excluding carboxylic acids is 1. The minimum atomic E-state index is -0.198. The van der Waals surface area contributed by atoms with Gasteiger partial charge in [-0.1, -0.05) is 29.8 Å². The van der Waals surface area contributed by atoms with E-state index >= 15 is 0 Å². The number of nitrogens with one attached hydrogen (secondary N) is 1. The average Bonchev–Trinajstić information content (AvgIpc) is 3.30. The van der Waals surface area contributed by atoms with Crippen LogP contribution < -0.4 is 10.1 Å². The molecule has 0 radical (unpaired) electrons. The maximum absolute atomic E-state index is 12.4. The Hall–Kier alpha value is -3.26. The van der Waals surface area contributed by atoms with E-state index in [1.165, 1.54) is 5.56 Å². The second-order valence-electron chi connectivity index (χ2n) is 7.71. The Labute approximate surface area is 185 Å². The average molecular weight is 436 g/mol. The number of nitrogens with zero attached hydrogens (tertiary/aromatic N) is 4. The van der Waals surface area contributed by atoms with Crippen molar-refractivity contribution in [3.05, 3.63) is 58.1 Å². The first-order valence-corrected chi connectivity index (χ1v) is 10.9. The van der Waals surface area contributed by atoms with Crippen LogP contribution in [0.3, 0.4) is 0 Å². The predicted octanol–water partition coefficient (Wildman–Crippen LogP) is 4.27. The van der Waals surface area contributed by atoms with Crippen molar-refractivity contribution in [2.75, 3.05) is 6.61 Å². The first-order chi connectivity index (χ1) is 14.8. The number of pyridine rings is 1. The largest absolute Gasteiger partial charge is 0.468 e. The summed E-state index contributed by atoms with van der Waals surface area (Å²) in [6, 6.07) is 9.84. The second kappa shape index (κ2) is 8.47. The van der Waals surface area contributed by atoms with Gasteiger partial charge in [-0.2, -0.15) is 10.1 Å². The van der Waals surface area contributed by atoms with E-state index in [0.29, 0.717) is 11.5 Å². The molecule has 0 aliphatic heterocycles. The quantitative estimate of drug-likeness (QED) is 0.489. The van der Waals surface area contributed by atoms with Crippen LogP contribution in [0.1, 0.15) is 34.5 Å². The number of benzene rings is 1. The number of hydrogen-bond acceptors (Lipinski definition) is 6. The number of amides is 1. The third kappa shape index (κ3) is 4.44. The number of hydrogen-bond donors (Lipinski definition) is 1. The van der Waals surface area contributed by atoms with Crippen LogP contribution in [0.4, 0.5) is 0 Å². The highest BCUT2D eigenvalue weighted by molar-refractivity contribution is 7.15. The zero-order valence-electron chi connectivity index (χ0n) is 18.3. The molecule has 1 N–H and O–H groups in total. The van der Waals surface area contributed by atoms with Crippen LogP contribution in [0.15, 0.2) is 36.5 Å². The van der Waals surface area contributed by atoms with E-state index in [4.69, 9.17) is 4.74 Å². The van der Waals surface area contributed by atoms with Crippen molar-refractivity contribution in [1.29, 1.82) is 0 Å². The summed E-state index contributed by atoms with van der Waals surface area (Å²) in [6.45, 7) is 7.89. The molecule has 0 aliphatic carbocycles. The van der Waals surface area contributed by atoms with Gasteiger partial charge < -0.3 is 10.1 Å². The van der Waals surface area contributed by atoms with E-state index in [-0.39, 0.29) is 18.6 Å². The van der Waals surface area contributed by atoms with Gasteiger partial charge >= 0.3 is 0 Å². The summed E-state index contributed by atoms with van der Waals surface area (Å²) >= 11 is 1.60. The van der Waals surface area contributed by atoms with Crippen molar-refractivity contribution in [3.8, 4) is 16.6 Å². The molecule has 0 saturated carbocycles. The molecule has 4 rings (SSSR count). The first kappa shape index (κ1) is 21.0. The fourth-order valence-electron chi connectivity index (χ4n) is 3.45. The van der Waals surface area contributed by atoms with Crippen LogP contribution in [0.2, 0.25) is 0 Å². The summed E-state index contributed by atoms with van der Waals surface area (Å²) in [7, 11) is 1.85. The van der Waals surface area contributed by atoms with Crippen LogP contribution in [0.25, 0.3) is 21.7 Å². The molecule has 3 aromatic heterocycles. The molecule has 8 heteroatoms. The summed E-state index contributed by atoms with van der Waals surface area (Å²) in [4.78, 5) is 22.6. The van der Waals surface area contributed by atoms with Crippen molar-refractivity contribution < 1.29 is 9.53 Å². The van der Waals surface area contributed by atoms with E-state index in [1.807, 2.05) is 71.3 Å². The molecule has 0 bridgehead atoms. The van der Waals surface area contributed by atoms with Crippen molar-refractivity contribution >= 4 is 28.3 Å². The Bertz CT molecular complexity index is 1240. The Kier molecular flexibility index (Phi) is 5.73. The van der Waals surface area contributed by atoms with Gasteiger partial charge in [0.2, 0.25) is 5.88 Å². The normalized spacial score (nSPS) is 12.2. The minimum Gasteiger partial charge on any atom is -0.468 e. The summed E-state index contributed by atoms with van der Waals surface area (Å²) in [5.74, 6) is 0.199. The lowest BCUT2D eigenvalue weighted by Crippen LogP contribution is -2.31. The molecule has 1 unspecified atom stereocenters. The van der Waals surface area contributed by atoms with E-state index in [0.717, 1.165) is 32.1 Å². The molecule has 3 heterocycles. The number of ether oxygens (including phenoxy) is 1. The molecule has 0 fully saturated rings. The zero-order chi connectivity index (χ0) is 22.1. The van der Waals surface area contributed by atoms with Crippen molar-refractivity contribution in [3.63, 3.8) is 0 Å². The standard InChI is InChI=1S/C23H25N5O2S/c1-13-6-8-17(9-7-13)16(4)25-18(29)12-30-19-10-14(2)20-21(23-24-11-15(3)31-23)27-28(5)22(20)26-19/h6-11,16H,12H2,1-5H3,(H,25,29). The molecule has 7 nitrogen and oxygen atoms in total. The summed E-state index contributed by atoms with van der Waals surface area (Å²) in [6.07, 6.45) is 1.84. The number of rotatable bonds is 6. The van der Waals surface area contributed by atoms with Crippen LogP contribution in [-0.2, 0) is 11.8 Å². The topological polar surface area (TPSA) is 81.9 Å². The lowest BCUT2D eigenvalue weighted by atomic mass is 10.1. The number of fused-ring (bicyclic) bond motifs is 1. The van der Waals surface area contributed by atoms with Crippen LogP contribution in [0, 0.1) is 20.8 Å². The number of thiazole rings is 1. The summed E-state index contributed by atoms with van der Waals surface area (Å²) < 4.78 is 7.43. The predicted molar refractivity (Wildman–Crippen MR) is 122 cm³/mol. The highest BCUT2D eigenvalue weighted by Crippen LogP contribution is 2.33. The molecule has 1 atom stereocenters. The fraction of sp³-hybridized carbons (Fsp3) is 0.304. The van der Waals surface area contributed by atoms with Crippen molar-refractivity contribution in [2.45, 2.75) is 33.7 Å². The van der Waals surface area contributed by atoms with Gasteiger partial charge in [0, 0.05) is 24.2 Å². The number of aromatic nitrogens is 4. The highest BCUT2D eigenvalue weighted by Gasteiger charge is 2.18. The van der Waals surface area contributed by atoms with Gasteiger partial charge in [-0.25, -0.2) is 9.67 Å². The first-order valence-electron chi connectivity index (χ1n) is 10.1. The molecular weight excluding hydrogens is 410 g/mol. The SMILES string of the molecule is Cc1ccc(C(C)NC(=O)COc2cc(C)c3c(-c4ncc(C)s4)nn(C)c3n2)cc1. The Morgan fingerprint density at radius 1 is 1.23 bits per heavy atom. The van der Waals surface area contributed by atoms with E-state index < -0.39 is 0 Å². The van der Waals surface area contributed by atoms with Gasteiger partial charge in [0.05, 0.1) is 11.4 Å². The van der Waals surface area contributed by atoms with Crippen molar-refractivity contribution in [2.24, 2.45) is 7.05 Å². The summed E-state index contributed by atoms with van der Waals surface area (Å²) in [5, 5.41) is 9.39. The monoisotopic (exact) mass is 435 g/mol. The highest BCUT2D eigenvalue weighted by atomic mass is 32.1. The Morgan fingerprint density at radius 3 is 2.65 bits per heavy atom. The summed E-state index contributed by atoms with van der Waals surface area (Å²) in [5.41, 5.74) is 4.73. The van der Waals surface area contributed by atoms with Crippen LogP contribution in [-0.4, -0.2) is 32.3 Å². The molecular formula is C23H25N5O2S. The van der Waals surface area contributed by atoms with Gasteiger partial charge in [0.25, 0.3) is 5.91 Å². The molecule has 0 aliphatic rings. The third-order valence-corrected chi connectivity index (χ3v) is 6.02. The van der Waals surface area contributed by atoms with Gasteiger partial charge in [0.1, 0.15) is 10.7 Å². The lowest BCUT2D eigenvalue weighted by molar-refractivity contribution is -0.123. The van der Waals surface area contributed by atoms with Gasteiger partial charge in [-0.3, -0.25) is 4.79 Å². The number of carbonyl (C=O) groups is 1.